The van der Waals surface area contributed by atoms with Crippen LogP contribution in [0.25, 0.3) is 10.9 Å². The van der Waals surface area contributed by atoms with E-state index < -0.39 is 0 Å². The van der Waals surface area contributed by atoms with Gasteiger partial charge in [-0.2, -0.15) is 0 Å². The molecular formula is C21H22N2O2. The lowest BCUT2D eigenvalue weighted by atomic mass is 9.85. The summed E-state index contributed by atoms with van der Waals surface area (Å²) in [6.07, 6.45) is 2.10. The van der Waals surface area contributed by atoms with Crippen LogP contribution in [0.15, 0.2) is 36.4 Å². The first-order valence-corrected chi connectivity index (χ1v) is 8.86. The maximum atomic E-state index is 5.56. The van der Waals surface area contributed by atoms with Crippen LogP contribution in [0.5, 0.6) is 11.5 Å². The van der Waals surface area contributed by atoms with Crippen molar-refractivity contribution in [3.63, 3.8) is 0 Å². The Kier molecular flexibility index (Phi) is 3.28. The molecule has 4 heteroatoms. The third kappa shape index (κ3) is 2.17. The van der Waals surface area contributed by atoms with E-state index >= 15 is 0 Å². The lowest BCUT2D eigenvalue weighted by molar-refractivity contribution is 0.159. The molecule has 0 fully saturated rings. The van der Waals surface area contributed by atoms with E-state index in [1.54, 1.807) is 14.2 Å². The van der Waals surface area contributed by atoms with E-state index in [0.717, 1.165) is 37.4 Å². The first-order chi connectivity index (χ1) is 12.3. The monoisotopic (exact) mass is 334 g/mol. The standard InChI is InChI=1S/C21H22N2O2/c1-24-20-9-13-7-8-23-12-18-16(14-5-3-4-6-17(14)22-18)10-19(23)15(13)11-21(20)25-2/h3-6,9,11,19,22H,7-8,10,12H2,1-2H3/t19-/m0/s1. The molecule has 4 nitrogen and oxygen atoms in total. The van der Waals surface area contributed by atoms with Gasteiger partial charge in [0.25, 0.3) is 0 Å². The van der Waals surface area contributed by atoms with Crippen molar-refractivity contribution in [3.05, 3.63) is 58.8 Å². The molecule has 1 atom stereocenters. The summed E-state index contributed by atoms with van der Waals surface area (Å²) in [4.78, 5) is 6.22. The molecule has 2 aliphatic rings. The summed E-state index contributed by atoms with van der Waals surface area (Å²) < 4.78 is 11.1. The van der Waals surface area contributed by atoms with Gasteiger partial charge in [0.15, 0.2) is 11.5 Å². The molecule has 25 heavy (non-hydrogen) atoms. The van der Waals surface area contributed by atoms with Crippen LogP contribution in [0.1, 0.15) is 28.4 Å². The topological polar surface area (TPSA) is 37.5 Å². The van der Waals surface area contributed by atoms with Gasteiger partial charge in [0, 0.05) is 35.7 Å². The Bertz CT molecular complexity index is 960. The predicted octanol–water partition coefficient (Wildman–Crippen LogP) is 3.84. The van der Waals surface area contributed by atoms with E-state index in [1.165, 1.54) is 33.3 Å². The molecule has 0 saturated heterocycles. The smallest absolute Gasteiger partial charge is 0.161 e. The van der Waals surface area contributed by atoms with E-state index in [-0.39, 0.29) is 0 Å². The minimum absolute atomic E-state index is 0.412. The number of fused-ring (bicyclic) bond motifs is 6. The minimum atomic E-state index is 0.412. The normalized spacial score (nSPS) is 19.2. The number of benzene rings is 2. The number of aromatic nitrogens is 1. The largest absolute Gasteiger partial charge is 0.493 e. The molecule has 0 amide bonds. The van der Waals surface area contributed by atoms with Crippen molar-refractivity contribution in [2.24, 2.45) is 0 Å². The van der Waals surface area contributed by atoms with Crippen LogP contribution in [-0.4, -0.2) is 30.6 Å². The molecule has 0 spiro atoms. The fourth-order valence-electron chi connectivity index (χ4n) is 4.53. The molecule has 3 aromatic rings. The van der Waals surface area contributed by atoms with Crippen LogP contribution in [0, 0.1) is 0 Å². The molecule has 128 valence electrons. The zero-order valence-corrected chi connectivity index (χ0v) is 14.6. The Balaban J connectivity index is 1.62. The van der Waals surface area contributed by atoms with Crippen molar-refractivity contribution in [1.29, 1.82) is 0 Å². The Morgan fingerprint density at radius 3 is 2.72 bits per heavy atom. The van der Waals surface area contributed by atoms with Gasteiger partial charge in [-0.05, 0) is 47.7 Å². The van der Waals surface area contributed by atoms with Gasteiger partial charge in [0.05, 0.1) is 14.2 Å². The first-order valence-electron chi connectivity index (χ1n) is 8.86. The van der Waals surface area contributed by atoms with Gasteiger partial charge >= 0.3 is 0 Å². The maximum absolute atomic E-state index is 5.56. The molecule has 2 aromatic carbocycles. The van der Waals surface area contributed by atoms with Crippen LogP contribution in [0.4, 0.5) is 0 Å². The number of nitrogens with zero attached hydrogens (tertiary/aromatic N) is 1. The number of hydrogen-bond acceptors (Lipinski definition) is 3. The second-order valence-corrected chi connectivity index (χ2v) is 6.97. The lowest BCUT2D eigenvalue weighted by Crippen LogP contribution is -2.39. The average molecular weight is 334 g/mol. The van der Waals surface area contributed by atoms with E-state index in [9.17, 15) is 0 Å². The molecule has 0 aliphatic carbocycles. The highest BCUT2D eigenvalue weighted by molar-refractivity contribution is 5.85. The molecule has 0 saturated carbocycles. The molecule has 2 aliphatic heterocycles. The van der Waals surface area contributed by atoms with Gasteiger partial charge in [0.1, 0.15) is 0 Å². The number of rotatable bonds is 2. The van der Waals surface area contributed by atoms with Crippen LogP contribution >= 0.6 is 0 Å². The first kappa shape index (κ1) is 14.8. The van der Waals surface area contributed by atoms with Gasteiger partial charge < -0.3 is 14.5 Å². The zero-order chi connectivity index (χ0) is 17.0. The van der Waals surface area contributed by atoms with Crippen molar-refractivity contribution in [2.45, 2.75) is 25.4 Å². The summed E-state index contributed by atoms with van der Waals surface area (Å²) >= 11 is 0. The van der Waals surface area contributed by atoms with Crippen LogP contribution in [0.3, 0.4) is 0 Å². The van der Waals surface area contributed by atoms with Crippen molar-refractivity contribution >= 4 is 10.9 Å². The highest BCUT2D eigenvalue weighted by Crippen LogP contribution is 2.43. The summed E-state index contributed by atoms with van der Waals surface area (Å²) in [6.45, 7) is 2.07. The van der Waals surface area contributed by atoms with Gasteiger partial charge in [0.2, 0.25) is 0 Å². The summed E-state index contributed by atoms with van der Waals surface area (Å²) in [5.74, 6) is 1.66. The van der Waals surface area contributed by atoms with Crippen LogP contribution in [-0.2, 0) is 19.4 Å². The molecule has 1 N–H and O–H groups in total. The van der Waals surface area contributed by atoms with Gasteiger partial charge in [-0.1, -0.05) is 18.2 Å². The van der Waals surface area contributed by atoms with Gasteiger partial charge in [-0.15, -0.1) is 0 Å². The van der Waals surface area contributed by atoms with E-state index in [4.69, 9.17) is 9.47 Å². The van der Waals surface area contributed by atoms with Crippen LogP contribution in [0.2, 0.25) is 0 Å². The number of H-pyrrole nitrogens is 1. The SMILES string of the molecule is COc1cc2c(cc1OC)[C@@H]1Cc3c([nH]c4ccccc34)CN1CC2. The van der Waals surface area contributed by atoms with E-state index in [1.807, 2.05) is 0 Å². The Morgan fingerprint density at radius 2 is 1.88 bits per heavy atom. The minimum Gasteiger partial charge on any atom is -0.493 e. The fourth-order valence-corrected chi connectivity index (χ4v) is 4.53. The molecule has 3 heterocycles. The second-order valence-electron chi connectivity index (χ2n) is 6.97. The van der Waals surface area contributed by atoms with E-state index in [2.05, 4.69) is 46.3 Å². The van der Waals surface area contributed by atoms with Crippen molar-refractivity contribution < 1.29 is 9.47 Å². The Labute approximate surface area is 147 Å². The zero-order valence-electron chi connectivity index (χ0n) is 14.6. The quantitative estimate of drug-likeness (QED) is 0.774. The highest BCUT2D eigenvalue weighted by atomic mass is 16.5. The highest BCUT2D eigenvalue weighted by Gasteiger charge is 2.34. The third-order valence-electron chi connectivity index (χ3n) is 5.77. The molecular weight excluding hydrogens is 312 g/mol. The van der Waals surface area contributed by atoms with Crippen molar-refractivity contribution in [2.75, 3.05) is 20.8 Å². The summed E-state index contributed by atoms with van der Waals surface area (Å²) in [7, 11) is 3.42. The van der Waals surface area contributed by atoms with Gasteiger partial charge in [-0.25, -0.2) is 0 Å². The fraction of sp³-hybridized carbons (Fsp3) is 0.333. The Hall–Kier alpha value is -2.46. The Morgan fingerprint density at radius 1 is 1.08 bits per heavy atom. The number of aromatic amines is 1. The maximum Gasteiger partial charge on any atom is 0.161 e. The van der Waals surface area contributed by atoms with Crippen molar-refractivity contribution in [1.82, 2.24) is 9.88 Å². The predicted molar refractivity (Wildman–Crippen MR) is 98.4 cm³/mol. The molecule has 5 rings (SSSR count). The molecule has 0 bridgehead atoms. The molecule has 0 unspecified atom stereocenters. The molecule has 1 aromatic heterocycles. The second kappa shape index (κ2) is 5.53. The van der Waals surface area contributed by atoms with Gasteiger partial charge in [-0.3, -0.25) is 4.90 Å². The lowest BCUT2D eigenvalue weighted by Gasteiger charge is -2.40. The number of hydrogen-bond donors (Lipinski definition) is 1. The third-order valence-corrected chi connectivity index (χ3v) is 5.77. The number of methoxy groups -OCH3 is 2. The van der Waals surface area contributed by atoms with Crippen LogP contribution < -0.4 is 9.47 Å². The van der Waals surface area contributed by atoms with E-state index in [0.29, 0.717) is 6.04 Å². The summed E-state index contributed by atoms with van der Waals surface area (Å²) in [5.41, 5.74) is 6.88. The number of ether oxygens (including phenoxy) is 2. The molecule has 0 radical (unpaired) electrons. The summed E-state index contributed by atoms with van der Waals surface area (Å²) in [5, 5.41) is 1.37. The van der Waals surface area contributed by atoms with Crippen molar-refractivity contribution in [3.8, 4) is 11.5 Å². The number of para-hydroxylation sites is 1. The average Bonchev–Trinajstić information content (AvgIpc) is 3.02. The summed E-state index contributed by atoms with van der Waals surface area (Å²) in [6, 6.07) is 13.4. The number of nitrogens with one attached hydrogen (secondary N) is 1.